The number of thiazole rings is 1. The van der Waals surface area contributed by atoms with Crippen LogP contribution in [0.3, 0.4) is 0 Å². The molecule has 0 unspecified atom stereocenters. The van der Waals surface area contributed by atoms with Crippen LogP contribution in [0.2, 0.25) is 0 Å². The molecule has 6 heteroatoms. The Morgan fingerprint density at radius 3 is 3.11 bits per heavy atom. The minimum Gasteiger partial charge on any atom is -0.348 e. The van der Waals surface area contributed by atoms with Crippen LogP contribution in [0.5, 0.6) is 0 Å². The molecular weight excluding hydrogens is 260 g/mol. The highest BCUT2D eigenvalue weighted by Gasteiger charge is 2.19. The van der Waals surface area contributed by atoms with Gasteiger partial charge in [-0.25, -0.2) is 4.98 Å². The van der Waals surface area contributed by atoms with Gasteiger partial charge in [-0.15, -0.1) is 11.3 Å². The van der Waals surface area contributed by atoms with Crippen LogP contribution in [0.1, 0.15) is 17.6 Å². The summed E-state index contributed by atoms with van der Waals surface area (Å²) in [5.41, 5.74) is 1.08. The molecule has 19 heavy (non-hydrogen) atoms. The molecule has 1 saturated heterocycles. The third kappa shape index (κ3) is 3.99. The topological polar surface area (TPSA) is 48.5 Å². The van der Waals surface area contributed by atoms with Gasteiger partial charge >= 0.3 is 0 Å². The van der Waals surface area contributed by atoms with Crippen molar-refractivity contribution in [3.05, 3.63) is 16.1 Å². The van der Waals surface area contributed by atoms with Crippen molar-refractivity contribution in [2.45, 2.75) is 25.9 Å². The maximum atomic E-state index is 11.6. The summed E-state index contributed by atoms with van der Waals surface area (Å²) < 4.78 is 0. The third-order valence-corrected chi connectivity index (χ3v) is 4.30. The molecule has 2 rings (SSSR count). The lowest BCUT2D eigenvalue weighted by molar-refractivity contribution is -0.127. The molecule has 5 nitrogen and oxygen atoms in total. The van der Waals surface area contributed by atoms with Gasteiger partial charge in [-0.2, -0.15) is 0 Å². The van der Waals surface area contributed by atoms with E-state index in [4.69, 9.17) is 0 Å². The van der Waals surface area contributed by atoms with E-state index in [2.05, 4.69) is 27.5 Å². The smallest absolute Gasteiger partial charge is 0.228 e. The molecule has 1 aromatic rings. The summed E-state index contributed by atoms with van der Waals surface area (Å²) in [7, 11) is 3.55. The van der Waals surface area contributed by atoms with Crippen molar-refractivity contribution in [3.63, 3.8) is 0 Å². The number of nitrogens with one attached hydrogen (secondary N) is 1. The number of aromatic nitrogens is 1. The molecule has 1 amide bonds. The second kappa shape index (κ2) is 6.45. The van der Waals surface area contributed by atoms with E-state index in [-0.39, 0.29) is 5.91 Å². The molecule has 1 aromatic heterocycles. The number of carbonyl (C=O) groups excluding carboxylic acids is 1. The molecule has 0 saturated carbocycles. The number of piperazine rings is 1. The summed E-state index contributed by atoms with van der Waals surface area (Å²) in [4.78, 5) is 20.3. The lowest BCUT2D eigenvalue weighted by Gasteiger charge is -2.33. The first-order chi connectivity index (χ1) is 9.06. The Balaban J connectivity index is 1.91. The second-order valence-corrected chi connectivity index (χ2v) is 6.16. The molecule has 0 aromatic carbocycles. The Hall–Kier alpha value is -0.980. The normalized spacial score (nSPS) is 20.5. The van der Waals surface area contributed by atoms with Crippen LogP contribution < -0.4 is 5.32 Å². The predicted octanol–water partition coefficient (Wildman–Crippen LogP) is 0.567. The fraction of sp³-hybridized carbons (Fsp3) is 0.692. The summed E-state index contributed by atoms with van der Waals surface area (Å²) in [6, 6.07) is 0.544. The standard InChI is InChI=1S/C13H22N4OS/c1-10-7-14-4-5-17(10)8-11-9-19-12(15-11)6-13(18)16(2)3/h9-10,14H,4-8H2,1-3H3/t10-/m0/s1. The molecule has 1 fully saturated rings. The first-order valence-electron chi connectivity index (χ1n) is 6.64. The number of nitrogens with zero attached hydrogens (tertiary/aromatic N) is 3. The van der Waals surface area contributed by atoms with Gasteiger partial charge in [0.15, 0.2) is 0 Å². The van der Waals surface area contributed by atoms with E-state index >= 15 is 0 Å². The van der Waals surface area contributed by atoms with Gasteiger partial charge in [0.05, 0.1) is 12.1 Å². The molecule has 1 N–H and O–H groups in total. The van der Waals surface area contributed by atoms with Gasteiger partial charge in [0.25, 0.3) is 0 Å². The Kier molecular flexibility index (Phi) is 4.90. The van der Waals surface area contributed by atoms with Crippen molar-refractivity contribution in [1.29, 1.82) is 0 Å². The first-order valence-corrected chi connectivity index (χ1v) is 7.52. The quantitative estimate of drug-likeness (QED) is 0.877. The summed E-state index contributed by atoms with van der Waals surface area (Å²) >= 11 is 1.58. The average Bonchev–Trinajstić information content (AvgIpc) is 2.79. The largest absolute Gasteiger partial charge is 0.348 e. The van der Waals surface area contributed by atoms with Gasteiger partial charge in [0.2, 0.25) is 5.91 Å². The predicted molar refractivity (Wildman–Crippen MR) is 77.3 cm³/mol. The zero-order chi connectivity index (χ0) is 13.8. The van der Waals surface area contributed by atoms with Crippen molar-refractivity contribution in [1.82, 2.24) is 20.1 Å². The molecule has 2 heterocycles. The van der Waals surface area contributed by atoms with E-state index in [1.165, 1.54) is 0 Å². The number of carbonyl (C=O) groups is 1. The Morgan fingerprint density at radius 2 is 2.42 bits per heavy atom. The van der Waals surface area contributed by atoms with Gasteiger partial charge in [-0.3, -0.25) is 9.69 Å². The van der Waals surface area contributed by atoms with E-state index < -0.39 is 0 Å². The van der Waals surface area contributed by atoms with E-state index in [1.54, 1.807) is 30.3 Å². The highest BCUT2D eigenvalue weighted by molar-refractivity contribution is 7.09. The van der Waals surface area contributed by atoms with Crippen molar-refractivity contribution in [3.8, 4) is 0 Å². The fourth-order valence-corrected chi connectivity index (χ4v) is 2.89. The summed E-state index contributed by atoms with van der Waals surface area (Å²) in [5, 5.41) is 6.37. The van der Waals surface area contributed by atoms with E-state index in [0.29, 0.717) is 12.5 Å². The molecule has 0 bridgehead atoms. The van der Waals surface area contributed by atoms with Crippen LogP contribution in [0.4, 0.5) is 0 Å². The van der Waals surface area contributed by atoms with Gasteiger partial charge in [-0.05, 0) is 6.92 Å². The number of hydrogen-bond donors (Lipinski definition) is 1. The van der Waals surface area contributed by atoms with Crippen molar-refractivity contribution < 1.29 is 4.79 Å². The second-order valence-electron chi connectivity index (χ2n) is 5.22. The summed E-state index contributed by atoms with van der Waals surface area (Å²) in [6.45, 7) is 6.26. The molecule has 0 aliphatic carbocycles. The lowest BCUT2D eigenvalue weighted by Crippen LogP contribution is -2.49. The van der Waals surface area contributed by atoms with Crippen molar-refractivity contribution >= 4 is 17.2 Å². The highest BCUT2D eigenvalue weighted by Crippen LogP contribution is 2.15. The molecule has 1 atom stereocenters. The van der Waals surface area contributed by atoms with E-state index in [0.717, 1.165) is 36.9 Å². The van der Waals surface area contributed by atoms with Gasteiger partial charge in [0, 0.05) is 51.7 Å². The van der Waals surface area contributed by atoms with E-state index in [1.807, 2.05) is 0 Å². The minimum absolute atomic E-state index is 0.108. The molecule has 0 spiro atoms. The maximum Gasteiger partial charge on any atom is 0.228 e. The first kappa shape index (κ1) is 14.4. The molecule has 1 aliphatic rings. The van der Waals surface area contributed by atoms with Crippen LogP contribution in [0, 0.1) is 0 Å². The van der Waals surface area contributed by atoms with E-state index in [9.17, 15) is 4.79 Å². The van der Waals surface area contributed by atoms with Crippen LogP contribution in [0.15, 0.2) is 5.38 Å². The Morgan fingerprint density at radius 1 is 1.63 bits per heavy atom. The van der Waals surface area contributed by atoms with Crippen molar-refractivity contribution in [2.75, 3.05) is 33.7 Å². The lowest BCUT2D eigenvalue weighted by atomic mass is 10.2. The third-order valence-electron chi connectivity index (χ3n) is 3.40. The fourth-order valence-electron chi connectivity index (χ4n) is 2.12. The van der Waals surface area contributed by atoms with Crippen molar-refractivity contribution in [2.24, 2.45) is 0 Å². The number of hydrogen-bond acceptors (Lipinski definition) is 5. The number of likely N-dealkylation sites (N-methyl/N-ethyl adjacent to an activating group) is 1. The highest BCUT2D eigenvalue weighted by atomic mass is 32.1. The maximum absolute atomic E-state index is 11.6. The van der Waals surface area contributed by atoms with Crippen LogP contribution in [-0.2, 0) is 17.8 Å². The van der Waals surface area contributed by atoms with Gasteiger partial charge < -0.3 is 10.2 Å². The Labute approximate surface area is 118 Å². The van der Waals surface area contributed by atoms with Crippen LogP contribution >= 0.6 is 11.3 Å². The number of amides is 1. The van der Waals surface area contributed by atoms with Gasteiger partial charge in [-0.1, -0.05) is 0 Å². The summed E-state index contributed by atoms with van der Waals surface area (Å²) in [6.07, 6.45) is 0.411. The molecule has 1 aliphatic heterocycles. The minimum atomic E-state index is 0.108. The number of rotatable bonds is 4. The monoisotopic (exact) mass is 282 g/mol. The zero-order valence-corrected chi connectivity index (χ0v) is 12.7. The Bertz CT molecular complexity index is 432. The zero-order valence-electron chi connectivity index (χ0n) is 11.8. The SMILES string of the molecule is C[C@H]1CNCCN1Cc1csc(CC(=O)N(C)C)n1. The van der Waals surface area contributed by atoms with Gasteiger partial charge in [0.1, 0.15) is 5.01 Å². The molecule has 106 valence electrons. The van der Waals surface area contributed by atoms with Crippen LogP contribution in [-0.4, -0.2) is 60.5 Å². The molecule has 0 radical (unpaired) electrons. The summed E-state index contributed by atoms with van der Waals surface area (Å²) in [5.74, 6) is 0.108. The van der Waals surface area contributed by atoms with Crippen LogP contribution in [0.25, 0.3) is 0 Å². The average molecular weight is 282 g/mol. The molecular formula is C13H22N4OS.